The summed E-state index contributed by atoms with van der Waals surface area (Å²) in [7, 11) is 0. The van der Waals surface area contributed by atoms with E-state index in [1.165, 1.54) is 24.3 Å². The van der Waals surface area contributed by atoms with Gasteiger partial charge in [0.2, 0.25) is 0 Å². The van der Waals surface area contributed by atoms with E-state index in [9.17, 15) is 18.0 Å². The van der Waals surface area contributed by atoms with Crippen LogP contribution in [-0.2, 0) is 12.7 Å². The Morgan fingerprint density at radius 1 is 0.917 bits per heavy atom. The molecule has 186 valence electrons. The van der Waals surface area contributed by atoms with E-state index in [0.29, 0.717) is 37.9 Å². The third-order valence-corrected chi connectivity index (χ3v) is 6.02. The van der Waals surface area contributed by atoms with Gasteiger partial charge in [0.1, 0.15) is 5.76 Å². The van der Waals surface area contributed by atoms with Crippen LogP contribution in [-0.4, -0.2) is 52.0 Å². The van der Waals surface area contributed by atoms with E-state index in [1.54, 1.807) is 4.90 Å². The molecule has 10 heteroatoms. The summed E-state index contributed by atoms with van der Waals surface area (Å²) in [6, 6.07) is 17.4. The molecule has 1 aliphatic heterocycles. The highest BCUT2D eigenvalue weighted by Crippen LogP contribution is 2.33. The van der Waals surface area contributed by atoms with Gasteiger partial charge in [-0.2, -0.15) is 18.2 Å². The summed E-state index contributed by atoms with van der Waals surface area (Å²) in [6.45, 7) is 2.88. The van der Waals surface area contributed by atoms with Gasteiger partial charge >= 0.3 is 6.18 Å². The number of alkyl halides is 3. The van der Waals surface area contributed by atoms with E-state index >= 15 is 0 Å². The van der Waals surface area contributed by atoms with Crippen LogP contribution in [0.2, 0.25) is 0 Å². The largest absolute Gasteiger partial charge is 0.451 e. The Labute approximate surface area is 205 Å². The first kappa shape index (κ1) is 23.8. The zero-order chi connectivity index (χ0) is 25.1. The van der Waals surface area contributed by atoms with Crippen molar-refractivity contribution in [3.05, 3.63) is 83.9 Å². The summed E-state index contributed by atoms with van der Waals surface area (Å²) in [5.74, 6) is 1.06. The fourth-order valence-electron chi connectivity index (χ4n) is 4.16. The van der Waals surface area contributed by atoms with E-state index in [1.807, 2.05) is 30.3 Å². The van der Waals surface area contributed by atoms with Crippen LogP contribution >= 0.6 is 0 Å². The molecule has 0 saturated carbocycles. The fraction of sp³-hybridized carbons (Fsp3) is 0.269. The van der Waals surface area contributed by atoms with Crippen LogP contribution in [0.5, 0.6) is 0 Å². The SMILES string of the molecule is O=C(c1ccc(-c2cccc(C(F)(F)F)c2)o1)N1CCCN(Cc2noc(-c3ccccc3)n2)CC1. The van der Waals surface area contributed by atoms with Crippen molar-refractivity contribution < 1.29 is 26.9 Å². The molecular weight excluding hydrogens is 473 g/mol. The average molecular weight is 496 g/mol. The highest BCUT2D eigenvalue weighted by molar-refractivity contribution is 5.92. The Morgan fingerprint density at radius 3 is 2.53 bits per heavy atom. The van der Waals surface area contributed by atoms with Crippen molar-refractivity contribution in [2.24, 2.45) is 0 Å². The molecule has 3 heterocycles. The molecule has 36 heavy (non-hydrogen) atoms. The number of nitrogens with zero attached hydrogens (tertiary/aromatic N) is 4. The molecule has 0 unspecified atom stereocenters. The van der Waals surface area contributed by atoms with Crippen LogP contribution in [0.3, 0.4) is 0 Å². The van der Waals surface area contributed by atoms with E-state index < -0.39 is 11.7 Å². The molecule has 0 spiro atoms. The predicted octanol–water partition coefficient (Wildman–Crippen LogP) is 5.36. The summed E-state index contributed by atoms with van der Waals surface area (Å²) in [4.78, 5) is 21.4. The lowest BCUT2D eigenvalue weighted by molar-refractivity contribution is -0.137. The number of carbonyl (C=O) groups excluding carboxylic acids is 1. The molecule has 0 atom stereocenters. The van der Waals surface area contributed by atoms with Crippen LogP contribution in [0.15, 0.2) is 75.7 Å². The van der Waals surface area contributed by atoms with Crippen LogP contribution < -0.4 is 0 Å². The van der Waals surface area contributed by atoms with E-state index in [0.717, 1.165) is 30.7 Å². The zero-order valence-electron chi connectivity index (χ0n) is 19.2. The lowest BCUT2D eigenvalue weighted by Crippen LogP contribution is -2.35. The van der Waals surface area contributed by atoms with Gasteiger partial charge in [-0.25, -0.2) is 0 Å². The van der Waals surface area contributed by atoms with Crippen molar-refractivity contribution in [2.45, 2.75) is 19.1 Å². The van der Waals surface area contributed by atoms with Gasteiger partial charge in [0.25, 0.3) is 11.8 Å². The Kier molecular flexibility index (Phi) is 6.60. The molecule has 0 radical (unpaired) electrons. The molecule has 1 saturated heterocycles. The van der Waals surface area contributed by atoms with Gasteiger partial charge in [0, 0.05) is 37.3 Å². The minimum atomic E-state index is -4.45. The third-order valence-electron chi connectivity index (χ3n) is 6.02. The van der Waals surface area contributed by atoms with Crippen LogP contribution in [0.1, 0.15) is 28.4 Å². The van der Waals surface area contributed by atoms with E-state index in [4.69, 9.17) is 8.94 Å². The maximum absolute atomic E-state index is 13.0. The molecule has 1 aliphatic rings. The minimum absolute atomic E-state index is 0.0986. The van der Waals surface area contributed by atoms with Gasteiger partial charge in [-0.05, 0) is 42.8 Å². The van der Waals surface area contributed by atoms with Gasteiger partial charge < -0.3 is 13.8 Å². The number of carbonyl (C=O) groups is 1. The number of hydrogen-bond donors (Lipinski definition) is 0. The standard InChI is InChI=1S/C26H23F3N4O3/c27-26(28,29)20-9-4-8-19(16-20)21-10-11-22(35-21)25(34)33-13-5-12-32(14-15-33)17-23-30-24(36-31-23)18-6-2-1-3-7-18/h1-4,6-11,16H,5,12-15,17H2. The quantitative estimate of drug-likeness (QED) is 0.370. The van der Waals surface area contributed by atoms with Crippen molar-refractivity contribution >= 4 is 5.91 Å². The molecule has 7 nitrogen and oxygen atoms in total. The van der Waals surface area contributed by atoms with Gasteiger partial charge in [-0.1, -0.05) is 35.5 Å². The zero-order valence-corrected chi connectivity index (χ0v) is 19.2. The van der Waals surface area contributed by atoms with Crippen molar-refractivity contribution in [1.29, 1.82) is 0 Å². The predicted molar refractivity (Wildman–Crippen MR) is 125 cm³/mol. The molecule has 1 amide bonds. The summed E-state index contributed by atoms with van der Waals surface area (Å²) < 4.78 is 50.1. The van der Waals surface area contributed by atoms with Crippen molar-refractivity contribution in [2.75, 3.05) is 26.2 Å². The van der Waals surface area contributed by atoms with Gasteiger partial charge in [0.05, 0.1) is 12.1 Å². The first-order valence-electron chi connectivity index (χ1n) is 11.5. The van der Waals surface area contributed by atoms with Gasteiger partial charge in [0.15, 0.2) is 11.6 Å². The Morgan fingerprint density at radius 2 is 1.72 bits per heavy atom. The Hall–Kier alpha value is -3.92. The molecule has 0 bridgehead atoms. The smallest absolute Gasteiger partial charge is 0.416 e. The Bertz CT molecular complexity index is 1330. The minimum Gasteiger partial charge on any atom is -0.451 e. The lowest BCUT2D eigenvalue weighted by atomic mass is 10.1. The first-order chi connectivity index (χ1) is 17.4. The molecular formula is C26H23F3N4O3. The second-order valence-corrected chi connectivity index (χ2v) is 8.55. The van der Waals surface area contributed by atoms with Crippen LogP contribution in [0.25, 0.3) is 22.8 Å². The lowest BCUT2D eigenvalue weighted by Gasteiger charge is -2.20. The van der Waals surface area contributed by atoms with Crippen molar-refractivity contribution in [3.8, 4) is 22.8 Å². The van der Waals surface area contributed by atoms with E-state index in [-0.39, 0.29) is 23.0 Å². The number of amides is 1. The molecule has 1 fully saturated rings. The molecule has 0 aliphatic carbocycles. The summed E-state index contributed by atoms with van der Waals surface area (Å²) in [5.41, 5.74) is 0.349. The highest BCUT2D eigenvalue weighted by Gasteiger charge is 2.31. The number of rotatable bonds is 5. The Balaban J connectivity index is 1.21. The average Bonchev–Trinajstić information content (AvgIpc) is 3.50. The first-order valence-corrected chi connectivity index (χ1v) is 11.5. The van der Waals surface area contributed by atoms with Crippen molar-refractivity contribution in [1.82, 2.24) is 19.9 Å². The molecule has 0 N–H and O–H groups in total. The number of aromatic nitrogens is 2. The number of benzene rings is 2. The number of hydrogen-bond acceptors (Lipinski definition) is 6. The third kappa shape index (κ3) is 5.33. The number of halogens is 3. The van der Waals surface area contributed by atoms with E-state index in [2.05, 4.69) is 15.0 Å². The van der Waals surface area contributed by atoms with Crippen molar-refractivity contribution in [3.63, 3.8) is 0 Å². The molecule has 2 aromatic carbocycles. The topological polar surface area (TPSA) is 75.6 Å². The van der Waals surface area contributed by atoms with Gasteiger partial charge in [-0.15, -0.1) is 0 Å². The van der Waals surface area contributed by atoms with Crippen LogP contribution in [0.4, 0.5) is 13.2 Å². The maximum atomic E-state index is 13.0. The molecule has 2 aromatic heterocycles. The fourth-order valence-corrected chi connectivity index (χ4v) is 4.16. The molecule has 5 rings (SSSR count). The normalized spacial score (nSPS) is 15.1. The van der Waals surface area contributed by atoms with Crippen LogP contribution in [0, 0.1) is 0 Å². The summed E-state index contributed by atoms with van der Waals surface area (Å²) in [5, 5.41) is 4.08. The maximum Gasteiger partial charge on any atom is 0.416 e. The van der Waals surface area contributed by atoms with Gasteiger partial charge in [-0.3, -0.25) is 9.69 Å². The summed E-state index contributed by atoms with van der Waals surface area (Å²) in [6.07, 6.45) is -3.71. The second-order valence-electron chi connectivity index (χ2n) is 8.55. The monoisotopic (exact) mass is 496 g/mol. The molecule has 4 aromatic rings. The summed E-state index contributed by atoms with van der Waals surface area (Å²) >= 11 is 0. The number of furan rings is 1. The highest BCUT2D eigenvalue weighted by atomic mass is 19.4. The second kappa shape index (κ2) is 9.98.